The Labute approximate surface area is 56.3 Å². The van der Waals surface area contributed by atoms with Crippen LogP contribution in [0.5, 0.6) is 0 Å². The van der Waals surface area contributed by atoms with Crippen molar-refractivity contribution in [2.45, 2.75) is 26.7 Å². The zero-order valence-electron chi connectivity index (χ0n) is 5.40. The molecule has 0 spiro atoms. The van der Waals surface area contributed by atoms with E-state index >= 15 is 0 Å². The van der Waals surface area contributed by atoms with Gasteiger partial charge in [0.25, 0.3) is 0 Å². The van der Waals surface area contributed by atoms with Crippen molar-refractivity contribution in [2.24, 2.45) is 5.41 Å². The predicted molar refractivity (Wildman–Crippen MR) is 39.9 cm³/mol. The molecule has 0 saturated heterocycles. The summed E-state index contributed by atoms with van der Waals surface area (Å²) in [5, 5.41) is 1.84. The fourth-order valence-electron chi connectivity index (χ4n) is 0.912. The first kappa shape index (κ1) is 6.21. The van der Waals surface area contributed by atoms with Gasteiger partial charge in [0.1, 0.15) is 0 Å². The summed E-state index contributed by atoms with van der Waals surface area (Å²) in [5.74, 6) is 1.47. The van der Waals surface area contributed by atoms with Gasteiger partial charge in [-0.1, -0.05) is 26.1 Å². The highest BCUT2D eigenvalue weighted by atomic mass is 32.1. The molecule has 1 unspecified atom stereocenters. The Kier molecular flexibility index (Phi) is 1.40. The number of thiocarbonyl (C=S) groups is 1. The van der Waals surface area contributed by atoms with Gasteiger partial charge < -0.3 is 0 Å². The van der Waals surface area contributed by atoms with E-state index in [9.17, 15) is 0 Å². The fourth-order valence-corrected chi connectivity index (χ4v) is 1.28. The lowest BCUT2D eigenvalue weighted by Crippen LogP contribution is -1.92. The maximum absolute atomic E-state index is 4.79. The Morgan fingerprint density at radius 3 is 2.62 bits per heavy atom. The van der Waals surface area contributed by atoms with Crippen molar-refractivity contribution >= 4 is 17.6 Å². The molecule has 1 aliphatic rings. The second kappa shape index (κ2) is 1.80. The van der Waals surface area contributed by atoms with Crippen LogP contribution < -0.4 is 0 Å². The first-order valence-electron chi connectivity index (χ1n) is 3.04. The third kappa shape index (κ3) is 0.795. The number of hydrogen-bond donors (Lipinski definition) is 0. The maximum Gasteiger partial charge on any atom is 0.0150 e. The zero-order valence-corrected chi connectivity index (χ0v) is 6.22. The molecule has 0 aliphatic heterocycles. The molecule has 8 heavy (non-hydrogen) atoms. The van der Waals surface area contributed by atoms with Gasteiger partial charge in [0.15, 0.2) is 0 Å². The van der Waals surface area contributed by atoms with Crippen LogP contribution in [0, 0.1) is 11.3 Å². The van der Waals surface area contributed by atoms with Crippen LogP contribution in [0.2, 0.25) is 0 Å². The van der Waals surface area contributed by atoms with Gasteiger partial charge in [-0.25, -0.2) is 0 Å². The summed E-state index contributed by atoms with van der Waals surface area (Å²) in [6, 6.07) is 0. The highest BCUT2D eigenvalue weighted by molar-refractivity contribution is 7.79. The van der Waals surface area contributed by atoms with E-state index < -0.39 is 0 Å². The highest BCUT2D eigenvalue weighted by Crippen LogP contribution is 2.55. The number of hydrogen-bond acceptors (Lipinski definition) is 1. The quantitative estimate of drug-likeness (QED) is 0.513. The summed E-state index contributed by atoms with van der Waals surface area (Å²) in [7, 11) is 0. The summed E-state index contributed by atoms with van der Waals surface area (Å²) in [4.78, 5) is 0. The van der Waals surface area contributed by atoms with E-state index in [1.165, 1.54) is 18.8 Å². The SMILES string of the molecule is CCC1(C)C[C]1C=S. The zero-order chi connectivity index (χ0) is 6.20. The molecule has 1 fully saturated rings. The minimum Gasteiger partial charge on any atom is -0.0928 e. The number of rotatable bonds is 2. The van der Waals surface area contributed by atoms with Crippen LogP contribution in [0.15, 0.2) is 0 Å². The molecule has 0 amide bonds. The Morgan fingerprint density at radius 1 is 1.88 bits per heavy atom. The Balaban J connectivity index is 2.42. The van der Waals surface area contributed by atoms with Gasteiger partial charge >= 0.3 is 0 Å². The Hall–Kier alpha value is 0.0900. The van der Waals surface area contributed by atoms with Crippen LogP contribution >= 0.6 is 12.2 Å². The van der Waals surface area contributed by atoms with Gasteiger partial charge in [-0.2, -0.15) is 0 Å². The van der Waals surface area contributed by atoms with Crippen molar-refractivity contribution in [3.8, 4) is 0 Å². The van der Waals surface area contributed by atoms with Crippen molar-refractivity contribution in [2.75, 3.05) is 0 Å². The Bertz CT molecular complexity index is 109. The van der Waals surface area contributed by atoms with Gasteiger partial charge in [0, 0.05) is 5.92 Å². The first-order valence-corrected chi connectivity index (χ1v) is 3.51. The minimum absolute atomic E-state index is 0.516. The van der Waals surface area contributed by atoms with E-state index in [0.29, 0.717) is 5.41 Å². The van der Waals surface area contributed by atoms with Gasteiger partial charge in [-0.05, 0) is 23.6 Å². The molecule has 0 N–H and O–H groups in total. The highest BCUT2D eigenvalue weighted by Gasteiger charge is 2.47. The monoisotopic (exact) mass is 127 g/mol. The molecule has 0 nitrogen and oxygen atoms in total. The second-order valence-electron chi connectivity index (χ2n) is 2.73. The molecule has 0 aromatic carbocycles. The van der Waals surface area contributed by atoms with Gasteiger partial charge in [-0.3, -0.25) is 0 Å². The van der Waals surface area contributed by atoms with Gasteiger partial charge in [-0.15, -0.1) is 0 Å². The van der Waals surface area contributed by atoms with Crippen molar-refractivity contribution in [1.29, 1.82) is 0 Å². The van der Waals surface area contributed by atoms with E-state index in [-0.39, 0.29) is 0 Å². The topological polar surface area (TPSA) is 0 Å². The van der Waals surface area contributed by atoms with E-state index in [4.69, 9.17) is 12.2 Å². The van der Waals surface area contributed by atoms with Crippen molar-refractivity contribution < 1.29 is 0 Å². The lowest BCUT2D eigenvalue weighted by molar-refractivity contribution is 0.572. The molecular weight excluding hydrogens is 116 g/mol. The van der Waals surface area contributed by atoms with E-state index in [1.807, 2.05) is 5.37 Å². The molecule has 1 radical (unpaired) electrons. The summed E-state index contributed by atoms with van der Waals surface area (Å²) < 4.78 is 0. The van der Waals surface area contributed by atoms with E-state index in [1.54, 1.807) is 0 Å². The smallest absolute Gasteiger partial charge is 0.0150 e. The minimum atomic E-state index is 0.516. The summed E-state index contributed by atoms with van der Waals surface area (Å²) in [6.07, 6.45) is 2.49. The van der Waals surface area contributed by atoms with Crippen molar-refractivity contribution in [3.05, 3.63) is 5.92 Å². The molecular formula is C7H11S. The van der Waals surface area contributed by atoms with Gasteiger partial charge in [0.2, 0.25) is 0 Å². The largest absolute Gasteiger partial charge is 0.0928 e. The van der Waals surface area contributed by atoms with E-state index in [0.717, 1.165) is 0 Å². The fraction of sp³-hybridized carbons (Fsp3) is 0.714. The summed E-state index contributed by atoms with van der Waals surface area (Å²) in [6.45, 7) is 4.48. The molecule has 1 heteroatoms. The molecule has 1 saturated carbocycles. The summed E-state index contributed by atoms with van der Waals surface area (Å²) >= 11 is 4.79. The molecule has 1 aliphatic carbocycles. The van der Waals surface area contributed by atoms with Gasteiger partial charge in [0.05, 0.1) is 0 Å². The van der Waals surface area contributed by atoms with Crippen LogP contribution in [0.4, 0.5) is 0 Å². The van der Waals surface area contributed by atoms with Crippen LogP contribution in [0.3, 0.4) is 0 Å². The third-order valence-electron chi connectivity index (χ3n) is 2.15. The molecule has 45 valence electrons. The molecule has 1 rings (SSSR count). The average Bonchev–Trinajstić information content (AvgIpc) is 2.44. The maximum atomic E-state index is 4.79. The van der Waals surface area contributed by atoms with Crippen LogP contribution in [-0.2, 0) is 0 Å². The molecule has 0 bridgehead atoms. The molecule has 0 aromatic heterocycles. The average molecular weight is 127 g/mol. The normalized spacial score (nSPS) is 37.2. The third-order valence-corrected chi connectivity index (χ3v) is 2.44. The predicted octanol–water partition coefficient (Wildman–Crippen LogP) is 2.38. The first-order chi connectivity index (χ1) is 3.73. The van der Waals surface area contributed by atoms with Crippen LogP contribution in [0.25, 0.3) is 0 Å². The molecule has 1 atom stereocenters. The second-order valence-corrected chi connectivity index (χ2v) is 2.97. The van der Waals surface area contributed by atoms with Crippen molar-refractivity contribution in [1.82, 2.24) is 0 Å². The lowest BCUT2D eigenvalue weighted by atomic mass is 10.0. The molecule has 0 heterocycles. The van der Waals surface area contributed by atoms with Crippen molar-refractivity contribution in [3.63, 3.8) is 0 Å². The standard InChI is InChI=1S/C7H11S/c1-3-7(2)4-6(7)5-8/h5H,3-4H2,1-2H3. The van der Waals surface area contributed by atoms with E-state index in [2.05, 4.69) is 13.8 Å². The lowest BCUT2D eigenvalue weighted by Gasteiger charge is -2.00. The Morgan fingerprint density at radius 2 is 2.50 bits per heavy atom. The van der Waals surface area contributed by atoms with Crippen LogP contribution in [0.1, 0.15) is 26.7 Å². The summed E-state index contributed by atoms with van der Waals surface area (Å²) in [5.41, 5.74) is 0.516. The van der Waals surface area contributed by atoms with Crippen LogP contribution in [-0.4, -0.2) is 5.37 Å². The molecule has 0 aromatic rings.